The quantitative estimate of drug-likeness (QED) is 0.0645. The lowest BCUT2D eigenvalue weighted by Gasteiger charge is -1.95. The molecule has 0 radical (unpaired) electrons. The minimum atomic E-state index is 0. The molecule has 0 aliphatic heterocycles. The highest BCUT2D eigenvalue weighted by Crippen LogP contribution is 1.88. The van der Waals surface area contributed by atoms with Crippen molar-refractivity contribution in [1.82, 2.24) is 16.3 Å². The summed E-state index contributed by atoms with van der Waals surface area (Å²) in [4.78, 5) is 0. The predicted molar refractivity (Wildman–Crippen MR) is 75.1 cm³/mol. The van der Waals surface area contributed by atoms with Gasteiger partial charge in [-0.2, -0.15) is 5.10 Å². The first kappa shape index (κ1) is 19.5. The Morgan fingerprint density at radius 2 is 1.64 bits per heavy atom. The van der Waals surface area contributed by atoms with E-state index < -0.39 is 0 Å². The number of thioether (sulfide) groups is 1. The number of amidine groups is 1. The Hall–Kier alpha value is -0.0800. The van der Waals surface area contributed by atoms with Crippen molar-refractivity contribution >= 4 is 58.2 Å². The number of nitrogens with zero attached hydrogens (tertiary/aromatic N) is 1. The summed E-state index contributed by atoms with van der Waals surface area (Å²) in [5, 5.41) is 4.03. The Balaban J connectivity index is -0.000000163. The number of hydrazone groups is 1. The van der Waals surface area contributed by atoms with Gasteiger partial charge in [0.25, 0.3) is 0 Å². The second-order valence-electron chi connectivity index (χ2n) is 1.40. The number of hydrogen-bond acceptors (Lipinski definition) is 7. The van der Waals surface area contributed by atoms with Crippen LogP contribution in [0.2, 0.25) is 0 Å². The SMILES string of the molecule is CS/C(=N\N)NN.I.NNC(=S)NN. The summed E-state index contributed by atoms with van der Waals surface area (Å²) in [5.74, 6) is 19.2. The van der Waals surface area contributed by atoms with Crippen LogP contribution in [0.4, 0.5) is 0 Å². The number of nitrogens with one attached hydrogen (secondary N) is 3. The molecule has 0 aromatic carbocycles. The van der Waals surface area contributed by atoms with E-state index in [1.54, 1.807) is 0 Å². The van der Waals surface area contributed by atoms with Crippen LogP contribution in [0.25, 0.3) is 0 Å². The van der Waals surface area contributed by atoms with Crippen LogP contribution < -0.4 is 39.6 Å². The number of thiocarbonyl (C=S) groups is 1. The molecule has 11 heteroatoms. The maximum absolute atomic E-state index is 4.91. The molecule has 11 N–H and O–H groups in total. The van der Waals surface area contributed by atoms with E-state index in [-0.39, 0.29) is 29.1 Å². The zero-order valence-corrected chi connectivity index (χ0v) is 11.4. The first-order valence-electron chi connectivity index (χ1n) is 2.91. The van der Waals surface area contributed by atoms with E-state index in [0.29, 0.717) is 5.17 Å². The van der Waals surface area contributed by atoms with Crippen molar-refractivity contribution in [3.8, 4) is 0 Å². The Labute approximate surface area is 109 Å². The lowest BCUT2D eigenvalue weighted by molar-refractivity contribution is 0.926. The highest BCUT2D eigenvalue weighted by molar-refractivity contribution is 14.0. The van der Waals surface area contributed by atoms with Gasteiger partial charge in [-0.1, -0.05) is 11.8 Å². The molecule has 0 amide bonds. The Morgan fingerprint density at radius 3 is 1.64 bits per heavy atom. The highest BCUT2D eigenvalue weighted by Gasteiger charge is 1.84. The van der Waals surface area contributed by atoms with Crippen LogP contribution in [0.5, 0.6) is 0 Å². The first-order chi connectivity index (χ1) is 6.15. The van der Waals surface area contributed by atoms with Gasteiger partial charge in [0.2, 0.25) is 0 Å². The maximum atomic E-state index is 4.91. The van der Waals surface area contributed by atoms with Crippen molar-refractivity contribution in [2.75, 3.05) is 6.26 Å². The van der Waals surface area contributed by atoms with Gasteiger partial charge in [0.05, 0.1) is 0 Å². The molecule has 8 nitrogen and oxygen atoms in total. The topological polar surface area (TPSA) is 153 Å². The average molecular weight is 354 g/mol. The lowest BCUT2D eigenvalue weighted by Crippen LogP contribution is -2.43. The minimum Gasteiger partial charge on any atom is -0.321 e. The number of nitrogens with two attached hydrogens (primary N) is 4. The molecule has 0 saturated carbocycles. The van der Waals surface area contributed by atoms with E-state index in [4.69, 9.17) is 23.4 Å². The largest absolute Gasteiger partial charge is 0.321 e. The van der Waals surface area contributed by atoms with Gasteiger partial charge in [0.15, 0.2) is 10.3 Å². The van der Waals surface area contributed by atoms with Crippen LogP contribution >= 0.6 is 48.0 Å². The molecule has 0 aliphatic rings. The van der Waals surface area contributed by atoms with Crippen molar-refractivity contribution in [3.63, 3.8) is 0 Å². The van der Waals surface area contributed by atoms with E-state index in [9.17, 15) is 0 Å². The zero-order chi connectivity index (χ0) is 10.7. The summed E-state index contributed by atoms with van der Waals surface area (Å²) in [6.07, 6.45) is 1.82. The molecule has 0 bridgehead atoms. The molecule has 0 atom stereocenters. The van der Waals surface area contributed by atoms with E-state index in [2.05, 4.69) is 33.6 Å². The molecule has 0 heterocycles. The summed E-state index contributed by atoms with van der Waals surface area (Å²) in [6.45, 7) is 0. The van der Waals surface area contributed by atoms with Gasteiger partial charge >= 0.3 is 0 Å². The highest BCUT2D eigenvalue weighted by atomic mass is 127. The smallest absolute Gasteiger partial charge is 0.194 e. The van der Waals surface area contributed by atoms with E-state index in [0.717, 1.165) is 0 Å². The van der Waals surface area contributed by atoms with Crippen molar-refractivity contribution in [2.45, 2.75) is 0 Å². The van der Waals surface area contributed by atoms with Crippen LogP contribution in [0.3, 0.4) is 0 Å². The normalized spacial score (nSPS) is 8.71. The van der Waals surface area contributed by atoms with Gasteiger partial charge in [-0.05, 0) is 18.5 Å². The van der Waals surface area contributed by atoms with Crippen LogP contribution in [-0.4, -0.2) is 16.5 Å². The number of hydrazine groups is 3. The lowest BCUT2D eigenvalue weighted by atomic mass is 11.2. The summed E-state index contributed by atoms with van der Waals surface area (Å²) in [6, 6.07) is 0. The van der Waals surface area contributed by atoms with E-state index >= 15 is 0 Å². The fraction of sp³-hybridized carbons (Fsp3) is 0.333. The number of hydrogen-bond donors (Lipinski definition) is 7. The Morgan fingerprint density at radius 1 is 1.21 bits per heavy atom. The molecule has 0 aliphatic carbocycles. The van der Waals surface area contributed by atoms with Crippen molar-refractivity contribution in [3.05, 3.63) is 0 Å². The van der Waals surface area contributed by atoms with Crippen molar-refractivity contribution in [2.24, 2.45) is 28.5 Å². The summed E-state index contributed by atoms with van der Waals surface area (Å²) in [7, 11) is 0. The number of halogens is 1. The van der Waals surface area contributed by atoms with Crippen LogP contribution in [0.1, 0.15) is 0 Å². The monoisotopic (exact) mass is 354 g/mol. The molecular formula is C3H15IN8S2. The predicted octanol–water partition coefficient (Wildman–Crippen LogP) is -2.14. The summed E-state index contributed by atoms with van der Waals surface area (Å²) < 4.78 is 0. The molecule has 0 aromatic rings. The standard InChI is InChI=1S/C2H8N4S.CH6N4S.HI/c1-7-2(5-3)6-4;2-4-1(6)5-3;/h3-4H2,1H3,(H,5,6);2-3H2,(H2,4,5,6);1H. The van der Waals surface area contributed by atoms with Crippen molar-refractivity contribution < 1.29 is 0 Å². The summed E-state index contributed by atoms with van der Waals surface area (Å²) in [5.41, 5.74) is 6.51. The van der Waals surface area contributed by atoms with Crippen LogP contribution in [0, 0.1) is 0 Å². The zero-order valence-electron chi connectivity index (χ0n) is 7.48. The summed E-state index contributed by atoms with van der Waals surface area (Å²) >= 11 is 5.74. The van der Waals surface area contributed by atoms with Gasteiger partial charge in [-0.3, -0.25) is 10.9 Å². The minimum absolute atomic E-state index is 0. The van der Waals surface area contributed by atoms with Gasteiger partial charge in [0.1, 0.15) is 0 Å². The molecule has 14 heavy (non-hydrogen) atoms. The third-order valence-corrected chi connectivity index (χ3v) is 1.54. The van der Waals surface area contributed by atoms with Gasteiger partial charge in [-0.15, -0.1) is 24.0 Å². The van der Waals surface area contributed by atoms with Crippen LogP contribution in [0.15, 0.2) is 5.10 Å². The molecular weight excluding hydrogens is 339 g/mol. The van der Waals surface area contributed by atoms with Gasteiger partial charge in [0, 0.05) is 0 Å². The van der Waals surface area contributed by atoms with Gasteiger partial charge in [-0.25, -0.2) is 17.5 Å². The van der Waals surface area contributed by atoms with Crippen molar-refractivity contribution in [1.29, 1.82) is 0 Å². The molecule has 0 spiro atoms. The second kappa shape index (κ2) is 15.4. The van der Waals surface area contributed by atoms with E-state index in [1.165, 1.54) is 11.8 Å². The third kappa shape index (κ3) is 14.4. The van der Waals surface area contributed by atoms with Gasteiger partial charge < -0.3 is 11.3 Å². The Bertz CT molecular complexity index is 151. The maximum Gasteiger partial charge on any atom is 0.194 e. The third-order valence-electron chi connectivity index (χ3n) is 0.696. The fourth-order valence-corrected chi connectivity index (χ4v) is 0.414. The second-order valence-corrected chi connectivity index (χ2v) is 2.60. The molecule has 0 aromatic heterocycles. The molecule has 0 rings (SSSR count). The molecule has 86 valence electrons. The fourth-order valence-electron chi connectivity index (χ4n) is 0.191. The Kier molecular flexibility index (Phi) is 21.4. The molecule has 0 unspecified atom stereocenters. The number of rotatable bonds is 0. The molecule has 0 fully saturated rings. The average Bonchev–Trinajstić information content (AvgIpc) is 2.20. The van der Waals surface area contributed by atoms with E-state index in [1.807, 2.05) is 6.26 Å². The molecule has 0 saturated heterocycles. The first-order valence-corrected chi connectivity index (χ1v) is 4.55. The van der Waals surface area contributed by atoms with Crippen LogP contribution in [-0.2, 0) is 0 Å².